The molecular weight excluding hydrogens is 295 g/mol. The summed E-state index contributed by atoms with van der Waals surface area (Å²) < 4.78 is 1.94. The second-order valence-corrected chi connectivity index (χ2v) is 5.42. The molecule has 2 rings (SSSR count). The lowest BCUT2D eigenvalue weighted by Gasteiger charge is -2.16. The molecule has 2 aromatic heterocycles. The Morgan fingerprint density at radius 1 is 1.35 bits per heavy atom. The lowest BCUT2D eigenvalue weighted by Crippen LogP contribution is -2.21. The predicted molar refractivity (Wildman–Crippen MR) is 82.4 cm³/mol. The standard InChI is InChI=1S/C14H18Cl2N4/c1-4-20-13(14(16)9(2)19-20)7-12(17-3)11-6-5-10(15)8-18-11/h5-6,8,12,17H,4,7H2,1-3H3. The Kier molecular flexibility index (Phi) is 5.02. The molecule has 2 heterocycles. The van der Waals surface area contributed by atoms with Crippen LogP contribution in [0.5, 0.6) is 0 Å². The van der Waals surface area contributed by atoms with Crippen molar-refractivity contribution in [1.82, 2.24) is 20.1 Å². The summed E-state index contributed by atoms with van der Waals surface area (Å²) in [4.78, 5) is 4.37. The number of hydrogen-bond acceptors (Lipinski definition) is 3. The van der Waals surface area contributed by atoms with Crippen molar-refractivity contribution in [2.24, 2.45) is 0 Å². The zero-order valence-electron chi connectivity index (χ0n) is 11.8. The quantitative estimate of drug-likeness (QED) is 0.920. The minimum absolute atomic E-state index is 0.0752. The third kappa shape index (κ3) is 3.14. The highest BCUT2D eigenvalue weighted by molar-refractivity contribution is 6.31. The van der Waals surface area contributed by atoms with Crippen LogP contribution in [-0.4, -0.2) is 21.8 Å². The van der Waals surface area contributed by atoms with Crippen LogP contribution in [0.3, 0.4) is 0 Å². The Hall–Kier alpha value is -1.10. The normalized spacial score (nSPS) is 12.7. The maximum absolute atomic E-state index is 6.35. The number of halogens is 2. The van der Waals surface area contributed by atoms with E-state index in [1.54, 1.807) is 6.20 Å². The van der Waals surface area contributed by atoms with Gasteiger partial charge < -0.3 is 5.32 Å². The van der Waals surface area contributed by atoms with E-state index >= 15 is 0 Å². The minimum Gasteiger partial charge on any atom is -0.311 e. The molecule has 0 aliphatic carbocycles. The molecule has 0 aliphatic heterocycles. The first-order chi connectivity index (χ1) is 9.56. The summed E-state index contributed by atoms with van der Waals surface area (Å²) in [5.74, 6) is 0. The van der Waals surface area contributed by atoms with Crippen LogP contribution < -0.4 is 5.32 Å². The van der Waals surface area contributed by atoms with Gasteiger partial charge in [0.2, 0.25) is 0 Å². The van der Waals surface area contributed by atoms with Crippen molar-refractivity contribution in [2.45, 2.75) is 32.9 Å². The molecule has 0 saturated heterocycles. The second kappa shape index (κ2) is 6.57. The van der Waals surface area contributed by atoms with E-state index in [0.29, 0.717) is 5.02 Å². The Morgan fingerprint density at radius 3 is 2.65 bits per heavy atom. The summed E-state index contributed by atoms with van der Waals surface area (Å²) >= 11 is 12.2. The maximum atomic E-state index is 6.35. The smallest absolute Gasteiger partial charge is 0.0847 e. The summed E-state index contributed by atoms with van der Waals surface area (Å²) in [6.07, 6.45) is 2.39. The van der Waals surface area contributed by atoms with Crippen molar-refractivity contribution in [3.8, 4) is 0 Å². The number of likely N-dealkylation sites (N-methyl/N-ethyl adjacent to an activating group) is 1. The first-order valence-electron chi connectivity index (χ1n) is 6.57. The fraction of sp³-hybridized carbons (Fsp3) is 0.429. The van der Waals surface area contributed by atoms with Crippen LogP contribution in [0, 0.1) is 6.92 Å². The lowest BCUT2D eigenvalue weighted by atomic mass is 10.1. The summed E-state index contributed by atoms with van der Waals surface area (Å²) in [7, 11) is 1.91. The van der Waals surface area contributed by atoms with Gasteiger partial charge >= 0.3 is 0 Å². The number of rotatable bonds is 5. The van der Waals surface area contributed by atoms with E-state index in [1.165, 1.54) is 0 Å². The van der Waals surface area contributed by atoms with Gasteiger partial charge in [0.05, 0.1) is 33.2 Å². The van der Waals surface area contributed by atoms with Gasteiger partial charge in [0, 0.05) is 19.2 Å². The summed E-state index contributed by atoms with van der Waals surface area (Å²) in [6, 6.07) is 3.85. The van der Waals surface area contributed by atoms with Gasteiger partial charge in [-0.2, -0.15) is 5.10 Å². The lowest BCUT2D eigenvalue weighted by molar-refractivity contribution is 0.532. The largest absolute Gasteiger partial charge is 0.311 e. The van der Waals surface area contributed by atoms with Gasteiger partial charge in [-0.15, -0.1) is 0 Å². The molecule has 1 N–H and O–H groups in total. The zero-order valence-corrected chi connectivity index (χ0v) is 13.3. The predicted octanol–water partition coefficient (Wildman–Crippen LogP) is 3.42. The van der Waals surface area contributed by atoms with Crippen LogP contribution in [0.25, 0.3) is 0 Å². The fourth-order valence-electron chi connectivity index (χ4n) is 2.21. The number of nitrogens with one attached hydrogen (secondary N) is 1. The van der Waals surface area contributed by atoms with Crippen LogP contribution in [-0.2, 0) is 13.0 Å². The molecule has 6 heteroatoms. The summed E-state index contributed by atoms with van der Waals surface area (Å²) in [5, 5.41) is 9.08. The average Bonchev–Trinajstić information content (AvgIpc) is 2.73. The van der Waals surface area contributed by atoms with Crippen molar-refractivity contribution in [3.05, 3.63) is 45.5 Å². The Labute approximate surface area is 129 Å². The van der Waals surface area contributed by atoms with E-state index in [1.807, 2.05) is 30.8 Å². The molecule has 2 aromatic rings. The van der Waals surface area contributed by atoms with E-state index in [2.05, 4.69) is 22.3 Å². The Bertz CT molecular complexity index is 578. The molecule has 0 bridgehead atoms. The van der Waals surface area contributed by atoms with Crippen molar-refractivity contribution >= 4 is 23.2 Å². The number of hydrogen-bond donors (Lipinski definition) is 1. The first kappa shape index (κ1) is 15.3. The average molecular weight is 313 g/mol. The van der Waals surface area contributed by atoms with Gasteiger partial charge in [-0.1, -0.05) is 23.2 Å². The summed E-state index contributed by atoms with van der Waals surface area (Å²) in [5.41, 5.74) is 2.83. The summed E-state index contributed by atoms with van der Waals surface area (Å²) in [6.45, 7) is 4.78. The highest BCUT2D eigenvalue weighted by Gasteiger charge is 2.19. The number of pyridine rings is 1. The topological polar surface area (TPSA) is 42.7 Å². The molecule has 4 nitrogen and oxygen atoms in total. The van der Waals surface area contributed by atoms with Crippen LogP contribution in [0.2, 0.25) is 10.0 Å². The van der Waals surface area contributed by atoms with Crippen molar-refractivity contribution < 1.29 is 0 Å². The number of nitrogens with zero attached hydrogens (tertiary/aromatic N) is 3. The van der Waals surface area contributed by atoms with Crippen LogP contribution >= 0.6 is 23.2 Å². The SMILES string of the molecule is CCn1nc(C)c(Cl)c1CC(NC)c1ccc(Cl)cn1. The number of aryl methyl sites for hydroxylation is 2. The molecule has 1 atom stereocenters. The fourth-order valence-corrected chi connectivity index (χ4v) is 2.53. The van der Waals surface area contributed by atoms with Gasteiger partial charge in [-0.05, 0) is 33.0 Å². The highest BCUT2D eigenvalue weighted by atomic mass is 35.5. The molecule has 0 spiro atoms. The molecule has 0 aliphatic rings. The van der Waals surface area contributed by atoms with E-state index < -0.39 is 0 Å². The van der Waals surface area contributed by atoms with Crippen LogP contribution in [0.15, 0.2) is 18.3 Å². The molecule has 20 heavy (non-hydrogen) atoms. The van der Waals surface area contributed by atoms with Gasteiger partial charge in [-0.3, -0.25) is 9.67 Å². The molecule has 0 amide bonds. The molecule has 108 valence electrons. The number of aromatic nitrogens is 3. The van der Waals surface area contributed by atoms with Gasteiger partial charge in [-0.25, -0.2) is 0 Å². The molecular formula is C14H18Cl2N4. The Balaban J connectivity index is 2.28. The first-order valence-corrected chi connectivity index (χ1v) is 7.32. The van der Waals surface area contributed by atoms with Gasteiger partial charge in [0.15, 0.2) is 0 Å². The van der Waals surface area contributed by atoms with E-state index in [0.717, 1.165) is 35.1 Å². The van der Waals surface area contributed by atoms with Crippen LogP contribution in [0.4, 0.5) is 0 Å². The van der Waals surface area contributed by atoms with Crippen molar-refractivity contribution in [1.29, 1.82) is 0 Å². The van der Waals surface area contributed by atoms with E-state index in [4.69, 9.17) is 23.2 Å². The Morgan fingerprint density at radius 2 is 2.10 bits per heavy atom. The monoisotopic (exact) mass is 312 g/mol. The molecule has 1 unspecified atom stereocenters. The van der Waals surface area contributed by atoms with Gasteiger partial charge in [0.1, 0.15) is 0 Å². The van der Waals surface area contributed by atoms with Crippen LogP contribution in [0.1, 0.15) is 30.0 Å². The van der Waals surface area contributed by atoms with E-state index in [9.17, 15) is 0 Å². The van der Waals surface area contributed by atoms with Crippen molar-refractivity contribution in [2.75, 3.05) is 7.05 Å². The molecule has 0 fully saturated rings. The molecule has 0 aromatic carbocycles. The zero-order chi connectivity index (χ0) is 14.7. The minimum atomic E-state index is 0.0752. The van der Waals surface area contributed by atoms with Crippen molar-refractivity contribution in [3.63, 3.8) is 0 Å². The van der Waals surface area contributed by atoms with E-state index in [-0.39, 0.29) is 6.04 Å². The highest BCUT2D eigenvalue weighted by Crippen LogP contribution is 2.25. The third-order valence-electron chi connectivity index (χ3n) is 3.31. The maximum Gasteiger partial charge on any atom is 0.0847 e. The molecule has 0 radical (unpaired) electrons. The third-order valence-corrected chi connectivity index (χ3v) is 4.02. The molecule has 0 saturated carbocycles. The second-order valence-electron chi connectivity index (χ2n) is 4.61. The van der Waals surface area contributed by atoms with Gasteiger partial charge in [0.25, 0.3) is 0 Å².